The van der Waals surface area contributed by atoms with Gasteiger partial charge in [-0.2, -0.15) is 0 Å². The minimum Gasteiger partial charge on any atom is -0.352 e. The first-order valence-corrected chi connectivity index (χ1v) is 8.84. The quantitative estimate of drug-likeness (QED) is 0.702. The highest BCUT2D eigenvalue weighted by Crippen LogP contribution is 2.25. The van der Waals surface area contributed by atoms with Crippen LogP contribution >= 0.6 is 12.4 Å². The molecule has 1 aromatic carbocycles. The van der Waals surface area contributed by atoms with Crippen LogP contribution in [0.3, 0.4) is 0 Å². The molecule has 1 aromatic rings. The molecule has 0 bridgehead atoms. The Bertz CT molecular complexity index is 530. The molecule has 2 amide bonds. The summed E-state index contributed by atoms with van der Waals surface area (Å²) in [5, 5.41) is 2.97. The van der Waals surface area contributed by atoms with E-state index in [9.17, 15) is 9.59 Å². The van der Waals surface area contributed by atoms with Crippen molar-refractivity contribution >= 4 is 24.2 Å². The Kier molecular flexibility index (Phi) is 10.4. The lowest BCUT2D eigenvalue weighted by molar-refractivity contribution is -0.131. The van der Waals surface area contributed by atoms with Crippen LogP contribution in [0.15, 0.2) is 24.3 Å². The second kappa shape index (κ2) is 11.1. The molecule has 0 aliphatic heterocycles. The van der Waals surface area contributed by atoms with E-state index in [0.29, 0.717) is 31.7 Å². The molecule has 0 heterocycles. The van der Waals surface area contributed by atoms with Gasteiger partial charge >= 0.3 is 0 Å². The van der Waals surface area contributed by atoms with Gasteiger partial charge in [0.15, 0.2) is 0 Å². The molecule has 6 heteroatoms. The van der Waals surface area contributed by atoms with Gasteiger partial charge in [-0.1, -0.05) is 26.0 Å². The largest absolute Gasteiger partial charge is 0.352 e. The molecule has 1 rings (SSSR count). The van der Waals surface area contributed by atoms with E-state index >= 15 is 0 Å². The fourth-order valence-electron chi connectivity index (χ4n) is 2.78. The van der Waals surface area contributed by atoms with Crippen LogP contribution in [-0.2, 0) is 11.3 Å². The summed E-state index contributed by atoms with van der Waals surface area (Å²) in [6, 6.07) is 7.41. The highest BCUT2D eigenvalue weighted by atomic mass is 35.5. The van der Waals surface area contributed by atoms with Crippen molar-refractivity contribution in [2.75, 3.05) is 19.6 Å². The molecular formula is C19H32ClN3O2. The minimum absolute atomic E-state index is 0. The molecule has 0 saturated carbocycles. The lowest BCUT2D eigenvalue weighted by atomic mass is 9.81. The molecule has 0 aromatic heterocycles. The van der Waals surface area contributed by atoms with Gasteiger partial charge in [0.05, 0.1) is 5.41 Å². The molecule has 25 heavy (non-hydrogen) atoms. The van der Waals surface area contributed by atoms with Crippen molar-refractivity contribution in [2.45, 2.75) is 47.1 Å². The lowest BCUT2D eigenvalue weighted by Crippen LogP contribution is -2.45. The normalized spacial score (nSPS) is 10.8. The van der Waals surface area contributed by atoms with Gasteiger partial charge in [-0.25, -0.2) is 0 Å². The number of hydrogen-bond acceptors (Lipinski definition) is 3. The molecule has 5 nitrogen and oxygen atoms in total. The number of nitrogens with two attached hydrogens (primary N) is 1. The van der Waals surface area contributed by atoms with Crippen LogP contribution in [0.1, 0.15) is 56.5 Å². The van der Waals surface area contributed by atoms with Gasteiger partial charge in [0.2, 0.25) is 5.91 Å². The number of carbonyl (C=O) groups is 2. The van der Waals surface area contributed by atoms with Gasteiger partial charge in [0.25, 0.3) is 5.91 Å². The van der Waals surface area contributed by atoms with E-state index in [1.165, 1.54) is 0 Å². The fourth-order valence-corrected chi connectivity index (χ4v) is 2.78. The van der Waals surface area contributed by atoms with E-state index in [1.807, 2.05) is 52.0 Å². The third-order valence-electron chi connectivity index (χ3n) is 4.93. The molecule has 0 atom stereocenters. The Morgan fingerprint density at radius 2 is 1.56 bits per heavy atom. The summed E-state index contributed by atoms with van der Waals surface area (Å²) >= 11 is 0. The Morgan fingerprint density at radius 1 is 1.04 bits per heavy atom. The monoisotopic (exact) mass is 369 g/mol. The molecular weight excluding hydrogens is 338 g/mol. The number of nitrogens with zero attached hydrogens (tertiary/aromatic N) is 1. The number of benzene rings is 1. The standard InChI is InChI=1S/C19H31N3O2.ClH/c1-5-19(6-2,14-20)18(24)21-13-15-9-11-16(12-10-15)17(23)22(7-3)8-4;/h9-12H,5-8,13-14,20H2,1-4H3,(H,21,24);1H. The molecule has 3 N–H and O–H groups in total. The van der Waals surface area contributed by atoms with Gasteiger partial charge in [-0.15, -0.1) is 12.4 Å². The smallest absolute Gasteiger partial charge is 0.253 e. The molecule has 0 fully saturated rings. The zero-order chi connectivity index (χ0) is 18.2. The summed E-state index contributed by atoms with van der Waals surface area (Å²) in [5.74, 6) is 0.0352. The Labute approximate surface area is 157 Å². The molecule has 0 saturated heterocycles. The minimum atomic E-state index is -0.487. The van der Waals surface area contributed by atoms with E-state index < -0.39 is 5.41 Å². The number of rotatable bonds is 9. The van der Waals surface area contributed by atoms with Gasteiger partial charge in [-0.3, -0.25) is 9.59 Å². The summed E-state index contributed by atoms with van der Waals surface area (Å²) in [6.45, 7) is 10.1. The summed E-state index contributed by atoms with van der Waals surface area (Å²) in [7, 11) is 0. The van der Waals surface area contributed by atoms with Crippen molar-refractivity contribution in [3.63, 3.8) is 0 Å². The summed E-state index contributed by atoms with van der Waals surface area (Å²) in [5.41, 5.74) is 6.96. The van der Waals surface area contributed by atoms with E-state index in [2.05, 4.69) is 5.32 Å². The van der Waals surface area contributed by atoms with Crippen molar-refractivity contribution < 1.29 is 9.59 Å². The fraction of sp³-hybridized carbons (Fsp3) is 0.579. The predicted molar refractivity (Wildman–Crippen MR) is 105 cm³/mol. The second-order valence-electron chi connectivity index (χ2n) is 6.05. The maximum Gasteiger partial charge on any atom is 0.253 e. The highest BCUT2D eigenvalue weighted by molar-refractivity contribution is 5.94. The molecule has 0 radical (unpaired) electrons. The first kappa shape index (κ1) is 23.4. The van der Waals surface area contributed by atoms with Gasteiger partial charge in [0, 0.05) is 31.7 Å². The first-order chi connectivity index (χ1) is 11.5. The lowest BCUT2D eigenvalue weighted by Gasteiger charge is -2.28. The number of amides is 2. The van der Waals surface area contributed by atoms with E-state index in [4.69, 9.17) is 5.73 Å². The van der Waals surface area contributed by atoms with Crippen LogP contribution < -0.4 is 11.1 Å². The zero-order valence-corrected chi connectivity index (χ0v) is 16.6. The Balaban J connectivity index is 0.00000576. The highest BCUT2D eigenvalue weighted by Gasteiger charge is 2.32. The molecule has 142 valence electrons. The van der Waals surface area contributed by atoms with Crippen LogP contribution in [0, 0.1) is 5.41 Å². The Morgan fingerprint density at radius 3 is 1.96 bits per heavy atom. The van der Waals surface area contributed by atoms with E-state index in [0.717, 1.165) is 18.4 Å². The molecule has 0 spiro atoms. The van der Waals surface area contributed by atoms with E-state index in [-0.39, 0.29) is 24.2 Å². The van der Waals surface area contributed by atoms with Crippen molar-refractivity contribution in [3.05, 3.63) is 35.4 Å². The van der Waals surface area contributed by atoms with Crippen molar-refractivity contribution in [1.29, 1.82) is 0 Å². The van der Waals surface area contributed by atoms with Gasteiger partial charge in [-0.05, 0) is 44.4 Å². The number of hydrogen-bond donors (Lipinski definition) is 2. The van der Waals surface area contributed by atoms with Crippen LogP contribution in [0.5, 0.6) is 0 Å². The number of halogens is 1. The maximum absolute atomic E-state index is 12.4. The zero-order valence-electron chi connectivity index (χ0n) is 15.8. The van der Waals surface area contributed by atoms with Crippen LogP contribution in [0.2, 0.25) is 0 Å². The van der Waals surface area contributed by atoms with Crippen molar-refractivity contribution in [1.82, 2.24) is 10.2 Å². The first-order valence-electron chi connectivity index (χ1n) is 8.84. The molecule has 0 aliphatic carbocycles. The topological polar surface area (TPSA) is 75.4 Å². The maximum atomic E-state index is 12.4. The van der Waals surface area contributed by atoms with Crippen molar-refractivity contribution in [3.8, 4) is 0 Å². The predicted octanol–water partition coefficient (Wildman–Crippen LogP) is 2.97. The second-order valence-corrected chi connectivity index (χ2v) is 6.05. The molecule has 0 aliphatic rings. The summed E-state index contributed by atoms with van der Waals surface area (Å²) in [4.78, 5) is 26.5. The van der Waals surface area contributed by atoms with E-state index in [1.54, 1.807) is 4.90 Å². The third kappa shape index (κ3) is 5.72. The number of carbonyl (C=O) groups excluding carboxylic acids is 2. The van der Waals surface area contributed by atoms with Crippen molar-refractivity contribution in [2.24, 2.45) is 11.1 Å². The Hall–Kier alpha value is -1.59. The molecule has 0 unspecified atom stereocenters. The average molecular weight is 370 g/mol. The third-order valence-corrected chi connectivity index (χ3v) is 4.93. The van der Waals surface area contributed by atoms with Gasteiger partial charge in [0.1, 0.15) is 0 Å². The summed E-state index contributed by atoms with van der Waals surface area (Å²) < 4.78 is 0. The SMILES string of the molecule is CCN(CC)C(=O)c1ccc(CNC(=O)C(CC)(CC)CN)cc1.Cl. The van der Waals surface area contributed by atoms with Crippen LogP contribution in [0.25, 0.3) is 0 Å². The summed E-state index contributed by atoms with van der Waals surface area (Å²) in [6.07, 6.45) is 1.45. The van der Waals surface area contributed by atoms with Gasteiger partial charge < -0.3 is 16.0 Å². The van der Waals surface area contributed by atoms with Crippen LogP contribution in [0.4, 0.5) is 0 Å². The number of nitrogens with one attached hydrogen (secondary N) is 1. The van der Waals surface area contributed by atoms with Crippen LogP contribution in [-0.4, -0.2) is 36.3 Å². The average Bonchev–Trinajstić information content (AvgIpc) is 2.63.